The Labute approximate surface area is 117 Å². The molecule has 0 aliphatic heterocycles. The van der Waals surface area contributed by atoms with Crippen LogP contribution >= 0.6 is 0 Å². The maximum Gasteiger partial charge on any atom is 0.272 e. The molecule has 2 rings (SSSR count). The van der Waals surface area contributed by atoms with Crippen molar-refractivity contribution in [1.29, 1.82) is 0 Å². The van der Waals surface area contributed by atoms with Gasteiger partial charge in [0.15, 0.2) is 0 Å². The second-order valence-electron chi connectivity index (χ2n) is 5.03. The first-order valence-corrected chi connectivity index (χ1v) is 6.47. The molecule has 0 spiro atoms. The van der Waals surface area contributed by atoms with Crippen molar-refractivity contribution in [2.45, 2.75) is 33.7 Å². The normalized spacial score (nSPS) is 12.2. The number of nitro groups is 1. The number of nitrogens with zero attached hydrogens (tertiary/aromatic N) is 1. The minimum absolute atomic E-state index is 0.00301. The monoisotopic (exact) mass is 274 g/mol. The van der Waals surface area contributed by atoms with E-state index >= 15 is 0 Å². The van der Waals surface area contributed by atoms with Crippen LogP contribution in [0.3, 0.4) is 0 Å². The van der Waals surface area contributed by atoms with Gasteiger partial charge in [0.1, 0.15) is 11.5 Å². The fraction of sp³-hybridized carbons (Fsp3) is 0.333. The third kappa shape index (κ3) is 2.82. The Morgan fingerprint density at radius 1 is 1.20 bits per heavy atom. The van der Waals surface area contributed by atoms with E-state index < -0.39 is 0 Å². The van der Waals surface area contributed by atoms with Crippen LogP contribution in [-0.2, 0) is 0 Å². The molecular formula is C15H18N2O3. The van der Waals surface area contributed by atoms with Crippen molar-refractivity contribution in [3.63, 3.8) is 0 Å². The topological polar surface area (TPSA) is 68.3 Å². The lowest BCUT2D eigenvalue weighted by atomic mass is 10.1. The molecule has 20 heavy (non-hydrogen) atoms. The van der Waals surface area contributed by atoms with Crippen molar-refractivity contribution < 1.29 is 9.34 Å². The van der Waals surface area contributed by atoms with E-state index in [9.17, 15) is 10.1 Å². The fourth-order valence-corrected chi connectivity index (χ4v) is 2.14. The minimum atomic E-state index is -0.356. The molecule has 1 aromatic carbocycles. The summed E-state index contributed by atoms with van der Waals surface area (Å²) in [7, 11) is 0. The van der Waals surface area contributed by atoms with E-state index in [0.29, 0.717) is 5.56 Å². The summed E-state index contributed by atoms with van der Waals surface area (Å²) < 4.78 is 5.58. The van der Waals surface area contributed by atoms with Crippen molar-refractivity contribution in [3.05, 3.63) is 57.0 Å². The maximum atomic E-state index is 10.9. The highest BCUT2D eigenvalue weighted by atomic mass is 16.6. The van der Waals surface area contributed by atoms with Crippen molar-refractivity contribution in [3.8, 4) is 0 Å². The predicted octanol–water partition coefficient (Wildman–Crippen LogP) is 4.29. The van der Waals surface area contributed by atoms with Crippen LogP contribution in [0.2, 0.25) is 0 Å². The van der Waals surface area contributed by atoms with Crippen LogP contribution in [0.25, 0.3) is 0 Å². The maximum absolute atomic E-state index is 10.9. The van der Waals surface area contributed by atoms with Crippen LogP contribution in [-0.4, -0.2) is 4.92 Å². The highest BCUT2D eigenvalue weighted by molar-refractivity contribution is 5.59. The summed E-state index contributed by atoms with van der Waals surface area (Å²) >= 11 is 0. The molecule has 0 amide bonds. The third-order valence-corrected chi connectivity index (χ3v) is 3.30. The van der Waals surface area contributed by atoms with Crippen LogP contribution in [0.15, 0.2) is 28.7 Å². The smallest absolute Gasteiger partial charge is 0.272 e. The van der Waals surface area contributed by atoms with Gasteiger partial charge >= 0.3 is 0 Å². The zero-order chi connectivity index (χ0) is 14.9. The Balaban J connectivity index is 2.25. The molecule has 0 fully saturated rings. The lowest BCUT2D eigenvalue weighted by Crippen LogP contribution is -2.07. The summed E-state index contributed by atoms with van der Waals surface area (Å²) in [6.07, 6.45) is 0. The molecule has 1 atom stereocenters. The van der Waals surface area contributed by atoms with E-state index in [1.54, 1.807) is 19.1 Å². The molecule has 1 N–H and O–H groups in total. The van der Waals surface area contributed by atoms with Gasteiger partial charge in [-0.1, -0.05) is 0 Å². The Morgan fingerprint density at radius 3 is 2.45 bits per heavy atom. The van der Waals surface area contributed by atoms with Gasteiger partial charge in [-0.25, -0.2) is 0 Å². The summed E-state index contributed by atoms with van der Waals surface area (Å²) in [4.78, 5) is 10.5. The number of benzene rings is 1. The van der Waals surface area contributed by atoms with E-state index in [1.807, 2.05) is 32.9 Å². The van der Waals surface area contributed by atoms with Gasteiger partial charge in [0, 0.05) is 17.3 Å². The van der Waals surface area contributed by atoms with Gasteiger partial charge in [-0.2, -0.15) is 0 Å². The van der Waals surface area contributed by atoms with Crippen LogP contribution in [0.1, 0.15) is 35.6 Å². The van der Waals surface area contributed by atoms with Gasteiger partial charge in [0.25, 0.3) is 5.69 Å². The van der Waals surface area contributed by atoms with Crippen LogP contribution in [0, 0.1) is 30.9 Å². The summed E-state index contributed by atoms with van der Waals surface area (Å²) in [6.45, 7) is 7.49. The first kappa shape index (κ1) is 14.1. The molecule has 1 unspecified atom stereocenters. The lowest BCUT2D eigenvalue weighted by Gasteiger charge is -2.16. The van der Waals surface area contributed by atoms with E-state index in [4.69, 9.17) is 4.42 Å². The Kier molecular flexibility index (Phi) is 3.79. The molecule has 5 nitrogen and oxygen atoms in total. The quantitative estimate of drug-likeness (QED) is 0.667. The van der Waals surface area contributed by atoms with Gasteiger partial charge in [-0.05, 0) is 51.5 Å². The van der Waals surface area contributed by atoms with Crippen LogP contribution in [0.5, 0.6) is 0 Å². The Hall–Kier alpha value is -2.30. The molecule has 0 radical (unpaired) electrons. The molecule has 1 aromatic heterocycles. The molecule has 1 heterocycles. The standard InChI is InChI=1S/C15H18N2O3/c1-9-8-14(17(18)19)10(2)7-13(9)16-12(4)15-6-5-11(3)20-15/h5-8,12,16H,1-4H3. The van der Waals surface area contributed by atoms with Crippen molar-refractivity contribution >= 4 is 11.4 Å². The van der Waals surface area contributed by atoms with Crippen molar-refractivity contribution in [2.24, 2.45) is 0 Å². The first-order valence-electron chi connectivity index (χ1n) is 6.47. The second kappa shape index (κ2) is 5.36. The summed E-state index contributed by atoms with van der Waals surface area (Å²) in [6, 6.07) is 7.25. The van der Waals surface area contributed by atoms with Gasteiger partial charge < -0.3 is 9.73 Å². The number of nitro benzene ring substituents is 1. The molecule has 0 saturated carbocycles. The van der Waals surface area contributed by atoms with Gasteiger partial charge in [-0.15, -0.1) is 0 Å². The molecule has 2 aromatic rings. The molecule has 106 valence electrons. The number of hydrogen-bond acceptors (Lipinski definition) is 4. The van der Waals surface area contributed by atoms with Crippen molar-refractivity contribution in [1.82, 2.24) is 0 Å². The third-order valence-electron chi connectivity index (χ3n) is 3.30. The number of rotatable bonds is 4. The number of anilines is 1. The summed E-state index contributed by atoms with van der Waals surface area (Å²) in [5, 5.41) is 14.2. The second-order valence-corrected chi connectivity index (χ2v) is 5.03. The zero-order valence-corrected chi connectivity index (χ0v) is 12.1. The molecular weight excluding hydrogens is 256 g/mol. The molecule has 0 saturated heterocycles. The van der Waals surface area contributed by atoms with Crippen LogP contribution in [0.4, 0.5) is 11.4 Å². The minimum Gasteiger partial charge on any atom is -0.464 e. The number of furan rings is 1. The van der Waals surface area contributed by atoms with E-state index in [1.165, 1.54) is 0 Å². The fourth-order valence-electron chi connectivity index (χ4n) is 2.14. The van der Waals surface area contributed by atoms with Crippen molar-refractivity contribution in [2.75, 3.05) is 5.32 Å². The SMILES string of the molecule is Cc1ccc(C(C)Nc2cc(C)c([N+](=O)[O-])cc2C)o1. The zero-order valence-electron chi connectivity index (χ0n) is 12.1. The predicted molar refractivity (Wildman–Crippen MR) is 78.1 cm³/mol. The van der Waals surface area contributed by atoms with Gasteiger partial charge in [0.05, 0.1) is 11.0 Å². The number of hydrogen-bond donors (Lipinski definition) is 1. The van der Waals surface area contributed by atoms with E-state index in [2.05, 4.69) is 5.32 Å². The summed E-state index contributed by atoms with van der Waals surface area (Å²) in [5.74, 6) is 1.71. The van der Waals surface area contributed by atoms with E-state index in [0.717, 1.165) is 22.8 Å². The number of aryl methyl sites for hydroxylation is 3. The molecule has 0 aliphatic carbocycles. The van der Waals surface area contributed by atoms with Gasteiger partial charge in [-0.3, -0.25) is 10.1 Å². The molecule has 0 aliphatic rings. The molecule has 5 heteroatoms. The molecule has 0 bridgehead atoms. The summed E-state index contributed by atoms with van der Waals surface area (Å²) in [5.41, 5.74) is 2.52. The van der Waals surface area contributed by atoms with Gasteiger partial charge in [0.2, 0.25) is 0 Å². The highest BCUT2D eigenvalue weighted by Crippen LogP contribution is 2.29. The highest BCUT2D eigenvalue weighted by Gasteiger charge is 2.16. The largest absolute Gasteiger partial charge is 0.464 e. The van der Waals surface area contributed by atoms with E-state index in [-0.39, 0.29) is 16.7 Å². The first-order chi connectivity index (χ1) is 9.38. The Bertz CT molecular complexity index is 647. The average Bonchev–Trinajstić information content (AvgIpc) is 2.79. The number of nitrogens with one attached hydrogen (secondary N) is 1. The van der Waals surface area contributed by atoms with Crippen LogP contribution < -0.4 is 5.32 Å². The lowest BCUT2D eigenvalue weighted by molar-refractivity contribution is -0.385. The Morgan fingerprint density at radius 2 is 1.90 bits per heavy atom. The average molecular weight is 274 g/mol.